The van der Waals surface area contributed by atoms with Gasteiger partial charge in [0.25, 0.3) is 0 Å². The van der Waals surface area contributed by atoms with Crippen molar-refractivity contribution in [3.8, 4) is 55.1 Å². The van der Waals surface area contributed by atoms with Gasteiger partial charge in [-0.15, -0.1) is 11.3 Å². The summed E-state index contributed by atoms with van der Waals surface area (Å²) in [5.74, 6) is 0. The molecule has 0 fully saturated rings. The van der Waals surface area contributed by atoms with E-state index in [1.165, 1.54) is 75.8 Å². The highest BCUT2D eigenvalue weighted by Gasteiger charge is 2.27. The molecule has 0 radical (unpaired) electrons. The minimum Gasteiger partial charge on any atom is -0.255 e. The Hall–Kier alpha value is -4.53. The molecule has 0 bridgehead atoms. The van der Waals surface area contributed by atoms with Crippen LogP contribution < -0.4 is 0 Å². The van der Waals surface area contributed by atoms with Crippen LogP contribution in [-0.4, -0.2) is 4.98 Å². The number of hydrogen-bond acceptors (Lipinski definition) is 2. The van der Waals surface area contributed by atoms with E-state index < -0.39 is 0 Å². The molecule has 1 nitrogen and oxygen atoms in total. The summed E-state index contributed by atoms with van der Waals surface area (Å²) >= 11 is 1.88. The average molecular weight is 544 g/mol. The minimum atomic E-state index is 0.0116. The molecule has 0 spiro atoms. The smallest absolute Gasteiger partial charge is 0.0880 e. The zero-order valence-electron chi connectivity index (χ0n) is 23.4. The number of fused-ring (bicyclic) bond motifs is 11. The Morgan fingerprint density at radius 1 is 0.561 bits per heavy atom. The van der Waals surface area contributed by atoms with Crippen LogP contribution in [0.3, 0.4) is 0 Å². The molecule has 41 heavy (non-hydrogen) atoms. The first-order valence-corrected chi connectivity index (χ1v) is 15.0. The van der Waals surface area contributed by atoms with Crippen LogP contribution in [0.1, 0.15) is 26.3 Å². The van der Waals surface area contributed by atoms with Gasteiger partial charge < -0.3 is 0 Å². The molecule has 7 aromatic rings. The van der Waals surface area contributed by atoms with Crippen LogP contribution in [0.15, 0.2) is 121 Å². The van der Waals surface area contributed by atoms with Gasteiger partial charge in [0.15, 0.2) is 0 Å². The second-order valence-electron chi connectivity index (χ2n) is 12.0. The van der Waals surface area contributed by atoms with E-state index in [0.717, 1.165) is 5.69 Å². The fraction of sp³-hybridized carbons (Fsp3) is 0.103. The van der Waals surface area contributed by atoms with E-state index in [0.29, 0.717) is 0 Å². The van der Waals surface area contributed by atoms with Gasteiger partial charge in [-0.1, -0.05) is 118 Å². The van der Waals surface area contributed by atoms with Crippen LogP contribution in [0.25, 0.3) is 75.9 Å². The van der Waals surface area contributed by atoms with Crippen molar-refractivity contribution >= 4 is 32.2 Å². The SMILES string of the molecule is CC(C)(C)c1cc(-c2nccc3c4c(sc23)-c2ccccc2-c2ccccc2-c2ccccc2-4)cc2ccccc12. The van der Waals surface area contributed by atoms with Crippen LogP contribution >= 0.6 is 11.3 Å². The van der Waals surface area contributed by atoms with E-state index in [4.69, 9.17) is 4.98 Å². The molecule has 0 atom stereocenters. The van der Waals surface area contributed by atoms with E-state index >= 15 is 0 Å². The maximum absolute atomic E-state index is 5.06. The summed E-state index contributed by atoms with van der Waals surface area (Å²) in [4.78, 5) is 6.37. The van der Waals surface area contributed by atoms with Crippen molar-refractivity contribution in [3.63, 3.8) is 0 Å². The molecule has 1 aliphatic rings. The van der Waals surface area contributed by atoms with Gasteiger partial charge in [-0.3, -0.25) is 4.98 Å². The molecule has 2 heteroatoms. The zero-order chi connectivity index (χ0) is 27.7. The molecule has 8 rings (SSSR count). The Balaban J connectivity index is 1.49. The van der Waals surface area contributed by atoms with Crippen molar-refractivity contribution in [1.29, 1.82) is 0 Å². The zero-order valence-corrected chi connectivity index (χ0v) is 24.2. The Labute approximate surface area is 244 Å². The number of hydrogen-bond donors (Lipinski definition) is 0. The molecule has 0 amide bonds. The molecule has 2 heterocycles. The molecule has 0 aliphatic heterocycles. The lowest BCUT2D eigenvalue weighted by Gasteiger charge is -2.22. The first-order chi connectivity index (χ1) is 20.0. The fourth-order valence-electron chi connectivity index (χ4n) is 6.56. The summed E-state index contributed by atoms with van der Waals surface area (Å²) in [6, 6.07) is 42.3. The summed E-state index contributed by atoms with van der Waals surface area (Å²) in [5.41, 5.74) is 12.6. The van der Waals surface area contributed by atoms with Crippen LogP contribution in [0, 0.1) is 0 Å². The number of thiophene rings is 1. The Kier molecular flexibility index (Phi) is 5.32. The number of pyridine rings is 1. The lowest BCUT2D eigenvalue weighted by molar-refractivity contribution is 0.596. The number of nitrogens with zero attached hydrogens (tertiary/aromatic N) is 1. The molecule has 5 aromatic carbocycles. The van der Waals surface area contributed by atoms with E-state index in [2.05, 4.69) is 136 Å². The standard InChI is InChI=1S/C39H29NS/c1-39(2,3)34-23-25(22-24-12-4-5-13-26(24)34)36-38-33(20-21-40-36)35-31-18-10-8-16-29(31)27-14-6-7-15-28(27)30-17-9-11-19-32(30)37(35)41-38/h4-23H,1-3H3. The summed E-state index contributed by atoms with van der Waals surface area (Å²) in [6.07, 6.45) is 2.00. The quantitative estimate of drug-likeness (QED) is 0.201. The number of rotatable bonds is 1. The van der Waals surface area contributed by atoms with E-state index in [-0.39, 0.29) is 5.41 Å². The van der Waals surface area contributed by atoms with Gasteiger partial charge in [0.1, 0.15) is 0 Å². The second kappa shape index (κ2) is 8.99. The summed E-state index contributed by atoms with van der Waals surface area (Å²) in [7, 11) is 0. The van der Waals surface area contributed by atoms with E-state index in [1.807, 2.05) is 17.5 Å². The lowest BCUT2D eigenvalue weighted by atomic mass is 9.82. The average Bonchev–Trinajstić information content (AvgIpc) is 3.38. The Bertz CT molecular complexity index is 2140. The van der Waals surface area contributed by atoms with Crippen molar-refractivity contribution in [3.05, 3.63) is 127 Å². The highest BCUT2D eigenvalue weighted by molar-refractivity contribution is 7.23. The molecule has 2 aromatic heterocycles. The summed E-state index contributed by atoms with van der Waals surface area (Å²) < 4.78 is 1.24. The third-order valence-corrected chi connectivity index (χ3v) is 9.67. The van der Waals surface area contributed by atoms with E-state index in [9.17, 15) is 0 Å². The van der Waals surface area contributed by atoms with Gasteiger partial charge >= 0.3 is 0 Å². The third kappa shape index (κ3) is 3.71. The molecular weight excluding hydrogens is 515 g/mol. The highest BCUT2D eigenvalue weighted by Crippen LogP contribution is 2.54. The van der Waals surface area contributed by atoms with Crippen molar-refractivity contribution in [2.45, 2.75) is 26.2 Å². The van der Waals surface area contributed by atoms with Crippen molar-refractivity contribution in [2.75, 3.05) is 0 Å². The number of benzene rings is 5. The van der Waals surface area contributed by atoms with Gasteiger partial charge in [-0.05, 0) is 67.8 Å². The lowest BCUT2D eigenvalue weighted by Crippen LogP contribution is -2.12. The van der Waals surface area contributed by atoms with Crippen LogP contribution in [0.5, 0.6) is 0 Å². The van der Waals surface area contributed by atoms with Crippen LogP contribution in [0.2, 0.25) is 0 Å². The largest absolute Gasteiger partial charge is 0.255 e. The molecule has 196 valence electrons. The molecule has 0 N–H and O–H groups in total. The fourth-order valence-corrected chi connectivity index (χ4v) is 7.92. The van der Waals surface area contributed by atoms with Crippen LogP contribution in [-0.2, 0) is 5.41 Å². The predicted octanol–water partition coefficient (Wildman–Crippen LogP) is 11.4. The maximum Gasteiger partial charge on any atom is 0.0880 e. The van der Waals surface area contributed by atoms with Crippen molar-refractivity contribution < 1.29 is 0 Å². The Morgan fingerprint density at radius 3 is 1.80 bits per heavy atom. The van der Waals surface area contributed by atoms with E-state index in [1.54, 1.807) is 0 Å². The molecule has 0 saturated carbocycles. The normalized spacial score (nSPS) is 12.3. The first-order valence-electron chi connectivity index (χ1n) is 14.2. The highest BCUT2D eigenvalue weighted by atomic mass is 32.1. The predicted molar refractivity (Wildman–Crippen MR) is 177 cm³/mol. The van der Waals surface area contributed by atoms with Crippen LogP contribution in [0.4, 0.5) is 0 Å². The topological polar surface area (TPSA) is 12.9 Å². The maximum atomic E-state index is 5.06. The third-order valence-electron chi connectivity index (χ3n) is 8.42. The van der Waals surface area contributed by atoms with Gasteiger partial charge in [0.05, 0.1) is 10.4 Å². The van der Waals surface area contributed by atoms with Gasteiger partial charge in [-0.2, -0.15) is 0 Å². The van der Waals surface area contributed by atoms with Gasteiger partial charge in [0, 0.05) is 33.2 Å². The molecule has 0 unspecified atom stereocenters. The number of aromatic nitrogens is 1. The first kappa shape index (κ1) is 24.3. The minimum absolute atomic E-state index is 0.0116. The molecular formula is C39H29NS. The van der Waals surface area contributed by atoms with Crippen molar-refractivity contribution in [2.24, 2.45) is 0 Å². The second-order valence-corrected chi connectivity index (χ2v) is 13.0. The molecule has 1 aliphatic carbocycles. The van der Waals surface area contributed by atoms with Crippen molar-refractivity contribution in [1.82, 2.24) is 4.98 Å². The molecule has 0 saturated heterocycles. The summed E-state index contributed by atoms with van der Waals surface area (Å²) in [6.45, 7) is 6.90. The Morgan fingerprint density at radius 2 is 1.12 bits per heavy atom. The van der Waals surface area contributed by atoms with Gasteiger partial charge in [0.2, 0.25) is 0 Å². The van der Waals surface area contributed by atoms with Gasteiger partial charge in [-0.25, -0.2) is 0 Å². The monoisotopic (exact) mass is 543 g/mol. The summed E-state index contributed by atoms with van der Waals surface area (Å²) in [5, 5.41) is 3.84.